The number of nitrogens with zero attached hydrogens (tertiary/aromatic N) is 2. The van der Waals surface area contributed by atoms with E-state index in [4.69, 9.17) is 11.6 Å². The Balaban J connectivity index is 2.56. The summed E-state index contributed by atoms with van der Waals surface area (Å²) in [6, 6.07) is 6.26. The van der Waals surface area contributed by atoms with E-state index >= 15 is 0 Å². The molecule has 0 unspecified atom stereocenters. The summed E-state index contributed by atoms with van der Waals surface area (Å²) >= 11 is 9.34. The Kier molecular flexibility index (Phi) is 4.30. The third-order valence-electron chi connectivity index (χ3n) is 2.43. The van der Waals surface area contributed by atoms with Gasteiger partial charge in [-0.25, -0.2) is 14.4 Å². The average molecular weight is 330 g/mol. The zero-order valence-electron chi connectivity index (χ0n) is 9.75. The lowest BCUT2D eigenvalue weighted by molar-refractivity contribution is 0.630. The van der Waals surface area contributed by atoms with Crippen molar-refractivity contribution in [1.82, 2.24) is 9.97 Å². The predicted molar refractivity (Wildman–Crippen MR) is 74.1 cm³/mol. The smallest absolute Gasteiger partial charge is 0.134 e. The lowest BCUT2D eigenvalue weighted by Crippen LogP contribution is -1.98. The Morgan fingerprint density at radius 2 is 2.11 bits per heavy atom. The highest BCUT2D eigenvalue weighted by atomic mass is 79.9. The van der Waals surface area contributed by atoms with Gasteiger partial charge in [0.25, 0.3) is 0 Å². The van der Waals surface area contributed by atoms with Crippen molar-refractivity contribution < 1.29 is 4.39 Å². The van der Waals surface area contributed by atoms with Gasteiger partial charge in [0.15, 0.2) is 0 Å². The zero-order chi connectivity index (χ0) is 13.1. The van der Waals surface area contributed by atoms with Crippen molar-refractivity contribution in [2.24, 2.45) is 0 Å². The average Bonchev–Trinajstić information content (AvgIpc) is 2.28. The van der Waals surface area contributed by atoms with E-state index in [0.29, 0.717) is 26.7 Å². The molecule has 0 fully saturated rings. The van der Waals surface area contributed by atoms with Crippen LogP contribution in [0.15, 0.2) is 28.9 Å². The van der Waals surface area contributed by atoms with Gasteiger partial charge in [0.1, 0.15) is 16.2 Å². The molecule has 0 bridgehead atoms. The van der Waals surface area contributed by atoms with Gasteiger partial charge in [-0.3, -0.25) is 0 Å². The summed E-state index contributed by atoms with van der Waals surface area (Å²) in [4.78, 5) is 8.60. The maximum Gasteiger partial charge on any atom is 0.134 e. The molecular weight excluding hydrogens is 319 g/mol. The normalized spacial score (nSPS) is 10.7. The van der Waals surface area contributed by atoms with Crippen LogP contribution >= 0.6 is 27.5 Å². The van der Waals surface area contributed by atoms with Crippen molar-refractivity contribution >= 4 is 27.5 Å². The third kappa shape index (κ3) is 2.87. The van der Waals surface area contributed by atoms with E-state index in [9.17, 15) is 4.39 Å². The summed E-state index contributed by atoms with van der Waals surface area (Å²) < 4.78 is 14.5. The van der Waals surface area contributed by atoms with Crippen LogP contribution in [0.5, 0.6) is 0 Å². The van der Waals surface area contributed by atoms with Gasteiger partial charge >= 0.3 is 0 Å². The molecule has 0 spiro atoms. The van der Waals surface area contributed by atoms with Gasteiger partial charge in [-0.15, -0.1) is 0 Å². The van der Waals surface area contributed by atoms with Crippen molar-refractivity contribution in [3.63, 3.8) is 0 Å². The molecule has 0 N–H and O–H groups in total. The summed E-state index contributed by atoms with van der Waals surface area (Å²) in [6.07, 6.45) is 1.68. The molecule has 94 valence electrons. The minimum atomic E-state index is -0.379. The summed E-state index contributed by atoms with van der Waals surface area (Å²) in [6.45, 7) is 2.04. The second kappa shape index (κ2) is 5.76. The maximum absolute atomic E-state index is 13.8. The number of hydrogen-bond donors (Lipinski definition) is 0. The maximum atomic E-state index is 13.8. The summed E-state index contributed by atoms with van der Waals surface area (Å²) in [5.41, 5.74) is 0.822. The predicted octanol–water partition coefficient (Wildman–Crippen LogP) is 4.65. The molecule has 2 aromatic rings. The zero-order valence-corrected chi connectivity index (χ0v) is 12.1. The molecule has 0 saturated carbocycles. The van der Waals surface area contributed by atoms with Gasteiger partial charge in [-0.1, -0.05) is 24.6 Å². The SMILES string of the molecule is CCCc1nc(Br)cc(-c2c(F)cccc2Cl)n1. The second-order valence-electron chi connectivity index (χ2n) is 3.84. The lowest BCUT2D eigenvalue weighted by Gasteiger charge is -2.07. The Labute approximate surface area is 118 Å². The Morgan fingerprint density at radius 1 is 1.33 bits per heavy atom. The van der Waals surface area contributed by atoms with Crippen molar-refractivity contribution in [2.45, 2.75) is 19.8 Å². The quantitative estimate of drug-likeness (QED) is 0.766. The van der Waals surface area contributed by atoms with Crippen LogP contribution in [0.25, 0.3) is 11.3 Å². The van der Waals surface area contributed by atoms with Gasteiger partial charge in [-0.2, -0.15) is 0 Å². The van der Waals surface area contributed by atoms with Crippen molar-refractivity contribution in [3.8, 4) is 11.3 Å². The van der Waals surface area contributed by atoms with E-state index in [2.05, 4.69) is 25.9 Å². The summed E-state index contributed by atoms with van der Waals surface area (Å²) in [7, 11) is 0. The molecular formula is C13H11BrClFN2. The molecule has 0 amide bonds. The molecule has 1 aromatic heterocycles. The highest BCUT2D eigenvalue weighted by molar-refractivity contribution is 9.10. The van der Waals surface area contributed by atoms with E-state index in [1.54, 1.807) is 18.2 Å². The number of benzene rings is 1. The Morgan fingerprint density at radius 3 is 2.78 bits per heavy atom. The van der Waals surface area contributed by atoms with E-state index < -0.39 is 0 Å². The highest BCUT2D eigenvalue weighted by Crippen LogP contribution is 2.30. The minimum Gasteiger partial charge on any atom is -0.233 e. The van der Waals surface area contributed by atoms with Gasteiger partial charge in [0.05, 0.1) is 16.3 Å². The molecule has 0 radical (unpaired) electrons. The molecule has 0 saturated heterocycles. The van der Waals surface area contributed by atoms with Gasteiger partial charge in [0, 0.05) is 6.42 Å². The standard InChI is InChI=1S/C13H11BrClFN2/c1-2-4-12-17-10(7-11(14)18-12)13-8(15)5-3-6-9(13)16/h3,5-7H,2,4H2,1H3. The minimum absolute atomic E-state index is 0.319. The molecule has 5 heteroatoms. The molecule has 0 atom stereocenters. The van der Waals surface area contributed by atoms with Crippen LogP contribution in [-0.2, 0) is 6.42 Å². The fourth-order valence-corrected chi connectivity index (χ4v) is 2.35. The van der Waals surface area contributed by atoms with Crippen LogP contribution in [-0.4, -0.2) is 9.97 Å². The summed E-state index contributed by atoms with van der Waals surface area (Å²) in [5.74, 6) is 0.303. The van der Waals surface area contributed by atoms with Crippen LogP contribution in [0.3, 0.4) is 0 Å². The number of aromatic nitrogens is 2. The third-order valence-corrected chi connectivity index (χ3v) is 3.15. The number of halogens is 3. The van der Waals surface area contributed by atoms with Gasteiger partial charge in [-0.05, 0) is 40.5 Å². The van der Waals surface area contributed by atoms with E-state index in [-0.39, 0.29) is 5.82 Å². The molecule has 18 heavy (non-hydrogen) atoms. The van der Waals surface area contributed by atoms with E-state index in [1.165, 1.54) is 6.07 Å². The molecule has 2 rings (SSSR count). The number of aryl methyl sites for hydroxylation is 1. The van der Waals surface area contributed by atoms with Gasteiger partial charge in [0.2, 0.25) is 0 Å². The van der Waals surface area contributed by atoms with Crippen LogP contribution in [0, 0.1) is 5.82 Å². The molecule has 0 aliphatic carbocycles. The first-order valence-electron chi connectivity index (χ1n) is 5.59. The fraction of sp³-hybridized carbons (Fsp3) is 0.231. The number of hydrogen-bond acceptors (Lipinski definition) is 2. The van der Waals surface area contributed by atoms with Crippen LogP contribution in [0.2, 0.25) is 5.02 Å². The van der Waals surface area contributed by atoms with Crippen LogP contribution < -0.4 is 0 Å². The van der Waals surface area contributed by atoms with E-state index in [0.717, 1.165) is 12.8 Å². The topological polar surface area (TPSA) is 25.8 Å². The molecule has 0 aliphatic rings. The van der Waals surface area contributed by atoms with Crippen molar-refractivity contribution in [3.05, 3.63) is 45.5 Å². The monoisotopic (exact) mass is 328 g/mol. The summed E-state index contributed by atoms with van der Waals surface area (Å²) in [5, 5.41) is 0.350. The lowest BCUT2D eigenvalue weighted by atomic mass is 10.1. The second-order valence-corrected chi connectivity index (χ2v) is 5.06. The molecule has 0 aliphatic heterocycles. The number of rotatable bonds is 3. The Bertz CT molecular complexity index is 555. The van der Waals surface area contributed by atoms with E-state index in [1.807, 2.05) is 6.92 Å². The first-order chi connectivity index (χ1) is 8.61. The molecule has 1 heterocycles. The molecule has 2 nitrogen and oxygen atoms in total. The van der Waals surface area contributed by atoms with Crippen LogP contribution in [0.4, 0.5) is 4.39 Å². The van der Waals surface area contributed by atoms with Crippen molar-refractivity contribution in [2.75, 3.05) is 0 Å². The van der Waals surface area contributed by atoms with Crippen LogP contribution in [0.1, 0.15) is 19.2 Å². The highest BCUT2D eigenvalue weighted by Gasteiger charge is 2.13. The largest absolute Gasteiger partial charge is 0.233 e. The molecule has 1 aromatic carbocycles. The fourth-order valence-electron chi connectivity index (χ4n) is 1.67. The Hall–Kier alpha value is -1.00. The van der Waals surface area contributed by atoms with Crippen molar-refractivity contribution in [1.29, 1.82) is 0 Å². The first kappa shape index (κ1) is 13.4. The first-order valence-corrected chi connectivity index (χ1v) is 6.76. The van der Waals surface area contributed by atoms with Gasteiger partial charge < -0.3 is 0 Å².